The lowest BCUT2D eigenvalue weighted by atomic mass is 9.97. The molecule has 2 aliphatic carbocycles. The van der Waals surface area contributed by atoms with Crippen molar-refractivity contribution >= 4 is 12.0 Å². The Labute approximate surface area is 120 Å². The number of urea groups is 1. The third kappa shape index (κ3) is 5.02. The Bertz CT molecular complexity index is 334. The van der Waals surface area contributed by atoms with Gasteiger partial charge in [-0.1, -0.05) is 32.1 Å². The van der Waals surface area contributed by atoms with E-state index in [1.807, 2.05) is 0 Å². The van der Waals surface area contributed by atoms with Gasteiger partial charge in [0.05, 0.1) is 6.42 Å². The van der Waals surface area contributed by atoms with E-state index in [-0.39, 0.29) is 24.5 Å². The van der Waals surface area contributed by atoms with Crippen LogP contribution >= 0.6 is 0 Å². The standard InChI is InChI=1S/C15H26N2O3/c18-14(19)10-11-17(13-8-9-13)15(20)16-12-6-4-2-1-3-5-7-12/h12-13H,1-11H2,(H,16,20)(H,18,19). The summed E-state index contributed by atoms with van der Waals surface area (Å²) in [6.45, 7) is 0.332. The van der Waals surface area contributed by atoms with Crippen molar-refractivity contribution in [3.05, 3.63) is 0 Å². The van der Waals surface area contributed by atoms with Gasteiger partial charge in [0.15, 0.2) is 0 Å². The highest BCUT2D eigenvalue weighted by Crippen LogP contribution is 2.27. The summed E-state index contributed by atoms with van der Waals surface area (Å²) in [6, 6.07) is 0.483. The van der Waals surface area contributed by atoms with E-state index in [0.29, 0.717) is 6.54 Å². The maximum atomic E-state index is 12.3. The summed E-state index contributed by atoms with van der Waals surface area (Å²) >= 11 is 0. The average molecular weight is 282 g/mol. The second-order valence-electron chi connectivity index (χ2n) is 6.06. The molecule has 20 heavy (non-hydrogen) atoms. The van der Waals surface area contributed by atoms with E-state index < -0.39 is 5.97 Å². The molecule has 0 radical (unpaired) electrons. The van der Waals surface area contributed by atoms with Gasteiger partial charge < -0.3 is 15.3 Å². The average Bonchev–Trinajstić information content (AvgIpc) is 3.16. The van der Waals surface area contributed by atoms with Crippen LogP contribution in [0.4, 0.5) is 4.79 Å². The lowest BCUT2D eigenvalue weighted by molar-refractivity contribution is -0.137. The Morgan fingerprint density at radius 3 is 2.15 bits per heavy atom. The number of hydrogen-bond donors (Lipinski definition) is 2. The zero-order chi connectivity index (χ0) is 14.4. The molecule has 0 atom stereocenters. The molecule has 0 heterocycles. The number of hydrogen-bond acceptors (Lipinski definition) is 2. The summed E-state index contributed by atoms with van der Waals surface area (Å²) in [7, 11) is 0. The molecule has 0 unspecified atom stereocenters. The van der Waals surface area contributed by atoms with Gasteiger partial charge in [-0.3, -0.25) is 4.79 Å². The van der Waals surface area contributed by atoms with E-state index in [9.17, 15) is 9.59 Å². The van der Waals surface area contributed by atoms with E-state index in [0.717, 1.165) is 25.7 Å². The molecule has 2 aliphatic rings. The Morgan fingerprint density at radius 2 is 1.60 bits per heavy atom. The summed E-state index contributed by atoms with van der Waals surface area (Å²) in [4.78, 5) is 24.7. The van der Waals surface area contributed by atoms with Crippen LogP contribution in [-0.2, 0) is 4.79 Å². The second-order valence-corrected chi connectivity index (χ2v) is 6.06. The predicted molar refractivity (Wildman–Crippen MR) is 76.6 cm³/mol. The van der Waals surface area contributed by atoms with E-state index >= 15 is 0 Å². The lowest BCUT2D eigenvalue weighted by Gasteiger charge is -2.27. The van der Waals surface area contributed by atoms with Gasteiger partial charge in [-0.2, -0.15) is 0 Å². The van der Waals surface area contributed by atoms with Crippen molar-refractivity contribution in [2.75, 3.05) is 6.54 Å². The van der Waals surface area contributed by atoms with Crippen LogP contribution in [0.3, 0.4) is 0 Å². The first-order chi connectivity index (χ1) is 9.66. The van der Waals surface area contributed by atoms with Crippen molar-refractivity contribution in [3.8, 4) is 0 Å². The molecule has 5 nitrogen and oxygen atoms in total. The first-order valence-corrected chi connectivity index (χ1v) is 7.96. The summed E-state index contributed by atoms with van der Waals surface area (Å²) in [5, 5.41) is 11.9. The zero-order valence-electron chi connectivity index (χ0n) is 12.1. The molecule has 0 saturated heterocycles. The first kappa shape index (κ1) is 15.1. The number of nitrogens with one attached hydrogen (secondary N) is 1. The first-order valence-electron chi connectivity index (χ1n) is 7.96. The number of rotatable bonds is 5. The third-order valence-electron chi connectivity index (χ3n) is 4.25. The maximum Gasteiger partial charge on any atom is 0.317 e. The molecule has 0 spiro atoms. The van der Waals surface area contributed by atoms with E-state index in [4.69, 9.17) is 5.11 Å². The van der Waals surface area contributed by atoms with Gasteiger partial charge in [-0.25, -0.2) is 4.79 Å². The van der Waals surface area contributed by atoms with Crippen LogP contribution in [0.2, 0.25) is 0 Å². The highest BCUT2D eigenvalue weighted by molar-refractivity contribution is 5.76. The minimum absolute atomic E-state index is 0.0363. The van der Waals surface area contributed by atoms with Crippen LogP contribution in [0.15, 0.2) is 0 Å². The van der Waals surface area contributed by atoms with Crippen LogP contribution < -0.4 is 5.32 Å². The molecule has 0 bridgehead atoms. The van der Waals surface area contributed by atoms with Gasteiger partial charge in [0, 0.05) is 18.6 Å². The van der Waals surface area contributed by atoms with Crippen molar-refractivity contribution < 1.29 is 14.7 Å². The van der Waals surface area contributed by atoms with Crippen molar-refractivity contribution in [3.63, 3.8) is 0 Å². The topological polar surface area (TPSA) is 69.6 Å². The fraction of sp³-hybridized carbons (Fsp3) is 0.867. The highest BCUT2D eigenvalue weighted by atomic mass is 16.4. The van der Waals surface area contributed by atoms with Gasteiger partial charge in [0.1, 0.15) is 0 Å². The number of nitrogens with zero attached hydrogens (tertiary/aromatic N) is 1. The molecule has 2 fully saturated rings. The molecular formula is C15H26N2O3. The SMILES string of the molecule is O=C(O)CCN(C(=O)NC1CCCCCCC1)C1CC1. The number of carboxylic acid groups (broad SMARTS) is 1. The van der Waals surface area contributed by atoms with Crippen molar-refractivity contribution in [1.82, 2.24) is 10.2 Å². The molecular weight excluding hydrogens is 256 g/mol. The summed E-state index contributed by atoms with van der Waals surface area (Å²) in [6.07, 6.45) is 10.4. The van der Waals surface area contributed by atoms with Gasteiger partial charge in [0.25, 0.3) is 0 Å². The smallest absolute Gasteiger partial charge is 0.317 e. The molecule has 0 aromatic heterocycles. The molecule has 114 valence electrons. The molecule has 2 saturated carbocycles. The normalized spacial score (nSPS) is 20.8. The Morgan fingerprint density at radius 1 is 1.00 bits per heavy atom. The third-order valence-corrected chi connectivity index (χ3v) is 4.25. The zero-order valence-corrected chi connectivity index (χ0v) is 12.1. The molecule has 0 aromatic carbocycles. The van der Waals surface area contributed by atoms with Crippen LogP contribution in [-0.4, -0.2) is 40.6 Å². The predicted octanol–water partition coefficient (Wildman–Crippen LogP) is 2.75. The number of amides is 2. The lowest BCUT2D eigenvalue weighted by Crippen LogP contribution is -2.46. The molecule has 0 aromatic rings. The highest BCUT2D eigenvalue weighted by Gasteiger charge is 2.33. The quantitative estimate of drug-likeness (QED) is 0.814. The number of carboxylic acids is 1. The van der Waals surface area contributed by atoms with Crippen LogP contribution in [0, 0.1) is 0 Å². The summed E-state index contributed by atoms with van der Waals surface area (Å²) in [5.74, 6) is -0.839. The molecule has 2 N–H and O–H groups in total. The van der Waals surface area contributed by atoms with Crippen molar-refractivity contribution in [2.45, 2.75) is 76.3 Å². The fourth-order valence-electron chi connectivity index (χ4n) is 2.91. The molecule has 5 heteroatoms. The summed E-state index contributed by atoms with van der Waals surface area (Å²) < 4.78 is 0. The van der Waals surface area contributed by atoms with Gasteiger partial charge in [0.2, 0.25) is 0 Å². The minimum atomic E-state index is -0.839. The summed E-state index contributed by atoms with van der Waals surface area (Å²) in [5.41, 5.74) is 0. The van der Waals surface area contributed by atoms with Crippen LogP contribution in [0.5, 0.6) is 0 Å². The molecule has 0 aliphatic heterocycles. The number of carbonyl (C=O) groups excluding carboxylic acids is 1. The largest absolute Gasteiger partial charge is 0.481 e. The van der Waals surface area contributed by atoms with E-state index in [1.54, 1.807) is 4.90 Å². The fourth-order valence-corrected chi connectivity index (χ4v) is 2.91. The van der Waals surface area contributed by atoms with Crippen LogP contribution in [0.1, 0.15) is 64.2 Å². The van der Waals surface area contributed by atoms with E-state index in [1.165, 1.54) is 32.1 Å². The maximum absolute atomic E-state index is 12.3. The number of aliphatic carboxylic acids is 1. The van der Waals surface area contributed by atoms with Crippen LogP contribution in [0.25, 0.3) is 0 Å². The van der Waals surface area contributed by atoms with Crippen molar-refractivity contribution in [1.29, 1.82) is 0 Å². The second kappa shape index (κ2) is 7.50. The van der Waals surface area contributed by atoms with Gasteiger partial charge in [-0.15, -0.1) is 0 Å². The Balaban J connectivity index is 1.81. The minimum Gasteiger partial charge on any atom is -0.481 e. The van der Waals surface area contributed by atoms with E-state index in [2.05, 4.69) is 5.32 Å². The molecule has 2 amide bonds. The Hall–Kier alpha value is -1.26. The number of carbonyl (C=O) groups is 2. The van der Waals surface area contributed by atoms with Gasteiger partial charge >= 0.3 is 12.0 Å². The van der Waals surface area contributed by atoms with Crippen molar-refractivity contribution in [2.24, 2.45) is 0 Å². The monoisotopic (exact) mass is 282 g/mol. The molecule has 2 rings (SSSR count). The van der Waals surface area contributed by atoms with Gasteiger partial charge in [-0.05, 0) is 25.7 Å². The Kier molecular flexibility index (Phi) is 5.68.